The van der Waals surface area contributed by atoms with Crippen LogP contribution in [0, 0.1) is 0 Å². The predicted octanol–water partition coefficient (Wildman–Crippen LogP) is 3.23. The van der Waals surface area contributed by atoms with Crippen molar-refractivity contribution in [2.75, 3.05) is 19.7 Å². The minimum Gasteiger partial charge on any atom is -0.376 e. The van der Waals surface area contributed by atoms with Crippen molar-refractivity contribution in [2.45, 2.75) is 26.0 Å². The second-order valence-corrected chi connectivity index (χ2v) is 6.85. The molecule has 0 saturated carbocycles. The molecule has 0 bridgehead atoms. The van der Waals surface area contributed by atoms with Crippen molar-refractivity contribution < 1.29 is 9.53 Å². The van der Waals surface area contributed by atoms with Gasteiger partial charge in [-0.2, -0.15) is 0 Å². The second-order valence-electron chi connectivity index (χ2n) is 5.72. The molecule has 1 aliphatic heterocycles. The molecule has 0 saturated heterocycles. The van der Waals surface area contributed by atoms with E-state index in [9.17, 15) is 4.79 Å². The molecule has 0 spiro atoms. The highest BCUT2D eigenvalue weighted by atomic mass is 35.5. The zero-order valence-corrected chi connectivity index (χ0v) is 15.2. The summed E-state index contributed by atoms with van der Waals surface area (Å²) < 4.78 is 5.48. The maximum Gasteiger partial charge on any atom is 0.264 e. The molecule has 24 heavy (non-hydrogen) atoms. The van der Waals surface area contributed by atoms with E-state index in [1.807, 2.05) is 29.2 Å². The average molecular weight is 367 g/mol. The smallest absolute Gasteiger partial charge is 0.264 e. The molecule has 0 unspecified atom stereocenters. The van der Waals surface area contributed by atoms with E-state index in [2.05, 4.69) is 12.1 Å². The molecule has 0 aliphatic carbocycles. The topological polar surface area (TPSA) is 55.6 Å². The van der Waals surface area contributed by atoms with Crippen LogP contribution in [0.1, 0.15) is 32.1 Å². The van der Waals surface area contributed by atoms with E-state index in [-0.39, 0.29) is 18.3 Å². The Hall–Kier alpha value is -1.40. The van der Waals surface area contributed by atoms with Crippen molar-refractivity contribution in [3.63, 3.8) is 0 Å². The van der Waals surface area contributed by atoms with Gasteiger partial charge in [0.2, 0.25) is 0 Å². The summed E-state index contributed by atoms with van der Waals surface area (Å²) in [6.45, 7) is 3.28. The lowest BCUT2D eigenvalue weighted by Gasteiger charge is -2.22. The van der Waals surface area contributed by atoms with Gasteiger partial charge in [0.15, 0.2) is 0 Å². The highest BCUT2D eigenvalue weighted by molar-refractivity contribution is 7.14. The van der Waals surface area contributed by atoms with Gasteiger partial charge >= 0.3 is 0 Å². The van der Waals surface area contributed by atoms with Gasteiger partial charge in [0.25, 0.3) is 5.91 Å². The van der Waals surface area contributed by atoms with Crippen LogP contribution in [-0.2, 0) is 24.3 Å². The number of carbonyl (C=O) groups is 1. The first-order chi connectivity index (χ1) is 11.3. The number of nitrogens with zero attached hydrogens (tertiary/aromatic N) is 1. The molecule has 2 aromatic rings. The number of hydrogen-bond donors (Lipinski definition) is 1. The van der Waals surface area contributed by atoms with Crippen LogP contribution < -0.4 is 5.73 Å². The van der Waals surface area contributed by atoms with E-state index in [4.69, 9.17) is 10.5 Å². The zero-order valence-electron chi connectivity index (χ0n) is 13.6. The van der Waals surface area contributed by atoms with Gasteiger partial charge in [-0.1, -0.05) is 30.3 Å². The lowest BCUT2D eigenvalue weighted by molar-refractivity contribution is 0.0747. The number of rotatable bonds is 6. The molecule has 4 nitrogen and oxygen atoms in total. The maximum atomic E-state index is 12.9. The van der Waals surface area contributed by atoms with E-state index in [0.29, 0.717) is 26.2 Å². The molecule has 130 valence electrons. The first kappa shape index (κ1) is 18.9. The van der Waals surface area contributed by atoms with Crippen molar-refractivity contribution >= 4 is 29.7 Å². The second kappa shape index (κ2) is 9.18. The molecule has 2 heterocycles. The Labute approximate surface area is 153 Å². The molecule has 0 fully saturated rings. The lowest BCUT2D eigenvalue weighted by atomic mass is 10.1. The van der Waals surface area contributed by atoms with Gasteiger partial charge < -0.3 is 15.4 Å². The number of halogens is 1. The molecule has 3 rings (SSSR count). The van der Waals surface area contributed by atoms with Gasteiger partial charge in [-0.25, -0.2) is 0 Å². The number of benzene rings is 1. The Morgan fingerprint density at radius 1 is 1.29 bits per heavy atom. The number of amides is 1. The van der Waals surface area contributed by atoms with E-state index >= 15 is 0 Å². The fourth-order valence-electron chi connectivity index (χ4n) is 2.75. The van der Waals surface area contributed by atoms with Gasteiger partial charge in [-0.3, -0.25) is 4.79 Å². The first-order valence-corrected chi connectivity index (χ1v) is 8.82. The zero-order chi connectivity index (χ0) is 16.1. The third-order valence-electron chi connectivity index (χ3n) is 3.97. The van der Waals surface area contributed by atoms with Crippen LogP contribution in [0.25, 0.3) is 0 Å². The normalized spacial score (nSPS) is 13.0. The molecule has 0 atom stereocenters. The summed E-state index contributed by atoms with van der Waals surface area (Å²) in [5.74, 6) is 0.0988. The summed E-state index contributed by atoms with van der Waals surface area (Å²) in [5.41, 5.74) is 7.95. The fraction of sp³-hybridized carbons (Fsp3) is 0.389. The van der Waals surface area contributed by atoms with Crippen LogP contribution in [-0.4, -0.2) is 30.5 Å². The van der Waals surface area contributed by atoms with Crippen molar-refractivity contribution in [1.29, 1.82) is 0 Å². The van der Waals surface area contributed by atoms with E-state index in [0.717, 1.165) is 29.9 Å². The molecule has 1 aromatic carbocycles. The van der Waals surface area contributed by atoms with E-state index < -0.39 is 0 Å². The van der Waals surface area contributed by atoms with E-state index in [1.54, 1.807) is 11.3 Å². The minimum atomic E-state index is 0. The van der Waals surface area contributed by atoms with Crippen molar-refractivity contribution in [2.24, 2.45) is 5.73 Å². The molecule has 0 radical (unpaired) electrons. The van der Waals surface area contributed by atoms with Crippen LogP contribution >= 0.6 is 23.7 Å². The molecule has 6 heteroatoms. The summed E-state index contributed by atoms with van der Waals surface area (Å²) in [7, 11) is 0. The Kier molecular flexibility index (Phi) is 7.24. The summed E-state index contributed by atoms with van der Waals surface area (Å²) in [6, 6.07) is 12.1. The van der Waals surface area contributed by atoms with Crippen molar-refractivity contribution in [1.82, 2.24) is 4.90 Å². The predicted molar refractivity (Wildman–Crippen MR) is 99.8 cm³/mol. The third kappa shape index (κ3) is 4.57. The van der Waals surface area contributed by atoms with Crippen LogP contribution in [0.15, 0.2) is 36.4 Å². The average Bonchev–Trinajstić information content (AvgIpc) is 3.03. The molecule has 1 aliphatic rings. The Morgan fingerprint density at radius 3 is 2.79 bits per heavy atom. The Balaban J connectivity index is 0.00000208. The Bertz CT molecular complexity index is 637. The molecule has 1 amide bonds. The number of nitrogens with two attached hydrogens (primary N) is 1. The highest BCUT2D eigenvalue weighted by Gasteiger charge is 2.21. The van der Waals surface area contributed by atoms with Crippen LogP contribution in [0.2, 0.25) is 0 Å². The SMILES string of the molecule is Cl.NCCCN(Cc1ccccc1)C(=O)c1cc2c(s1)CCOC2. The monoisotopic (exact) mass is 366 g/mol. The summed E-state index contributed by atoms with van der Waals surface area (Å²) in [4.78, 5) is 16.9. The van der Waals surface area contributed by atoms with E-state index in [1.165, 1.54) is 10.4 Å². The van der Waals surface area contributed by atoms with Gasteiger partial charge in [0.05, 0.1) is 18.1 Å². The fourth-order valence-corrected chi connectivity index (χ4v) is 3.86. The largest absolute Gasteiger partial charge is 0.376 e. The van der Waals surface area contributed by atoms with Gasteiger partial charge in [-0.15, -0.1) is 23.7 Å². The van der Waals surface area contributed by atoms with Crippen molar-refractivity contribution in [3.05, 3.63) is 57.3 Å². The van der Waals surface area contributed by atoms with Gasteiger partial charge in [0, 0.05) is 24.4 Å². The quantitative estimate of drug-likeness (QED) is 0.853. The summed E-state index contributed by atoms with van der Waals surface area (Å²) >= 11 is 1.61. The first-order valence-electron chi connectivity index (χ1n) is 8.00. The van der Waals surface area contributed by atoms with Crippen LogP contribution in [0.5, 0.6) is 0 Å². The number of hydrogen-bond acceptors (Lipinski definition) is 4. The lowest BCUT2D eigenvalue weighted by Crippen LogP contribution is -2.32. The summed E-state index contributed by atoms with van der Waals surface area (Å²) in [5, 5.41) is 0. The van der Waals surface area contributed by atoms with Gasteiger partial charge in [0.1, 0.15) is 0 Å². The number of ether oxygens (including phenoxy) is 1. The van der Waals surface area contributed by atoms with Crippen molar-refractivity contribution in [3.8, 4) is 0 Å². The van der Waals surface area contributed by atoms with Crippen LogP contribution in [0.4, 0.5) is 0 Å². The Morgan fingerprint density at radius 2 is 2.08 bits per heavy atom. The maximum absolute atomic E-state index is 12.9. The molecular formula is C18H23ClN2O2S. The molecular weight excluding hydrogens is 344 g/mol. The minimum absolute atomic E-state index is 0. The highest BCUT2D eigenvalue weighted by Crippen LogP contribution is 2.28. The number of thiophene rings is 1. The van der Waals surface area contributed by atoms with Gasteiger partial charge in [-0.05, 0) is 30.2 Å². The molecule has 2 N–H and O–H groups in total. The number of fused-ring (bicyclic) bond motifs is 1. The third-order valence-corrected chi connectivity index (χ3v) is 5.20. The molecule has 1 aromatic heterocycles. The standard InChI is InChI=1S/C18H22N2O2S.ClH/c19-8-4-9-20(12-14-5-2-1-3-6-14)18(21)17-11-15-13-22-10-7-16(15)23-17;/h1-3,5-6,11H,4,7-10,12-13,19H2;1H. The summed E-state index contributed by atoms with van der Waals surface area (Å²) in [6.07, 6.45) is 1.72. The van der Waals surface area contributed by atoms with Crippen LogP contribution in [0.3, 0.4) is 0 Å². The number of carbonyl (C=O) groups excluding carboxylic acids is 1.